The average molecular weight is 424 g/mol. The summed E-state index contributed by atoms with van der Waals surface area (Å²) in [4.78, 5) is 30.5. The van der Waals surface area contributed by atoms with E-state index in [9.17, 15) is 9.59 Å². The van der Waals surface area contributed by atoms with Gasteiger partial charge in [0.25, 0.3) is 5.91 Å². The molecular weight excluding hydrogens is 411 g/mol. The van der Waals surface area contributed by atoms with Gasteiger partial charge < -0.3 is 20.4 Å². The van der Waals surface area contributed by atoms with Crippen molar-refractivity contribution in [3.8, 4) is 0 Å². The Morgan fingerprint density at radius 1 is 1.43 bits per heavy atom. The number of amides is 1. The van der Waals surface area contributed by atoms with Crippen LogP contribution in [0.1, 0.15) is 10.5 Å². The summed E-state index contributed by atoms with van der Waals surface area (Å²) in [6.45, 7) is 0. The number of carbonyl (C=O) groups excluding carboxylic acids is 2. The van der Waals surface area contributed by atoms with Crippen LogP contribution in [0.4, 0.5) is 5.69 Å². The number of aromatic amines is 1. The number of nitrogens with zero attached hydrogens (tertiary/aromatic N) is 1. The maximum absolute atomic E-state index is 12.1. The predicted octanol–water partition coefficient (Wildman–Crippen LogP) is 2.81. The molecule has 0 fully saturated rings. The van der Waals surface area contributed by atoms with E-state index in [1.54, 1.807) is 22.3 Å². The van der Waals surface area contributed by atoms with Gasteiger partial charge in [0.05, 0.1) is 24.6 Å². The molecule has 0 radical (unpaired) electrons. The fourth-order valence-corrected chi connectivity index (χ4v) is 2.04. The first-order valence-electron chi connectivity index (χ1n) is 6.45. The molecule has 0 aliphatic heterocycles. The third kappa shape index (κ3) is 4.03. The number of allylic oxidation sites excluding steroid dienone is 2. The van der Waals surface area contributed by atoms with Crippen LogP contribution in [0.5, 0.6) is 0 Å². The highest BCUT2D eigenvalue weighted by Crippen LogP contribution is 2.18. The molecule has 2 aromatic heterocycles. The Bertz CT molecular complexity index is 823. The minimum absolute atomic E-state index is 0.210. The third-order valence-electron chi connectivity index (χ3n) is 2.90. The lowest BCUT2D eigenvalue weighted by molar-refractivity contribution is -0.112. The SMILES string of the molecule is COC(=O)c1cc2cc(NC(=O)/C(C=N)=C/C=C\I)cnc2[nH]1. The van der Waals surface area contributed by atoms with Crippen LogP contribution in [0.2, 0.25) is 0 Å². The number of esters is 1. The van der Waals surface area contributed by atoms with E-state index in [-0.39, 0.29) is 11.3 Å². The molecule has 0 aliphatic rings. The van der Waals surface area contributed by atoms with E-state index >= 15 is 0 Å². The van der Waals surface area contributed by atoms with E-state index < -0.39 is 11.9 Å². The summed E-state index contributed by atoms with van der Waals surface area (Å²) in [5.41, 5.74) is 1.47. The van der Waals surface area contributed by atoms with Crippen LogP contribution in [-0.2, 0) is 9.53 Å². The zero-order valence-corrected chi connectivity index (χ0v) is 14.2. The van der Waals surface area contributed by atoms with Gasteiger partial charge in [-0.1, -0.05) is 28.7 Å². The Balaban J connectivity index is 2.25. The molecule has 0 aromatic carbocycles. The minimum atomic E-state index is -0.492. The molecule has 0 aliphatic carbocycles. The van der Waals surface area contributed by atoms with Crippen molar-refractivity contribution >= 4 is 57.4 Å². The van der Waals surface area contributed by atoms with Crippen LogP contribution >= 0.6 is 22.6 Å². The van der Waals surface area contributed by atoms with Crippen molar-refractivity contribution in [2.75, 3.05) is 12.4 Å². The molecule has 1 amide bonds. The number of anilines is 1. The number of halogens is 1. The van der Waals surface area contributed by atoms with Gasteiger partial charge >= 0.3 is 5.97 Å². The summed E-state index contributed by atoms with van der Waals surface area (Å²) >= 11 is 2.02. The fraction of sp³-hybridized carbons (Fsp3) is 0.0667. The molecule has 3 N–H and O–H groups in total. The average Bonchev–Trinajstić information content (AvgIpc) is 2.98. The molecule has 0 unspecified atom stereocenters. The van der Waals surface area contributed by atoms with Crippen molar-refractivity contribution in [2.24, 2.45) is 0 Å². The monoisotopic (exact) mass is 424 g/mol. The van der Waals surface area contributed by atoms with Crippen molar-refractivity contribution in [3.63, 3.8) is 0 Å². The third-order valence-corrected chi connectivity index (χ3v) is 3.31. The molecule has 7 nitrogen and oxygen atoms in total. The molecule has 0 bridgehead atoms. The second-order valence-corrected chi connectivity index (χ2v) is 5.09. The zero-order chi connectivity index (χ0) is 16.8. The fourth-order valence-electron chi connectivity index (χ4n) is 1.84. The van der Waals surface area contributed by atoms with Gasteiger partial charge in [0, 0.05) is 11.6 Å². The number of nitrogens with one attached hydrogen (secondary N) is 3. The number of hydrogen-bond acceptors (Lipinski definition) is 5. The highest BCUT2D eigenvalue weighted by atomic mass is 127. The summed E-state index contributed by atoms with van der Waals surface area (Å²) in [5, 5.41) is 10.6. The molecule has 118 valence electrons. The summed E-state index contributed by atoms with van der Waals surface area (Å²) in [5.74, 6) is -0.910. The molecule has 0 saturated heterocycles. The van der Waals surface area contributed by atoms with Gasteiger partial charge in [-0.3, -0.25) is 4.79 Å². The van der Waals surface area contributed by atoms with Crippen LogP contribution in [0.3, 0.4) is 0 Å². The molecule has 2 heterocycles. The van der Waals surface area contributed by atoms with E-state index in [4.69, 9.17) is 5.41 Å². The Morgan fingerprint density at radius 3 is 2.87 bits per heavy atom. The minimum Gasteiger partial charge on any atom is -0.464 e. The number of fused-ring (bicyclic) bond motifs is 1. The lowest BCUT2D eigenvalue weighted by atomic mass is 10.2. The second-order valence-electron chi connectivity index (χ2n) is 4.38. The van der Waals surface area contributed by atoms with Crippen molar-refractivity contribution in [1.29, 1.82) is 5.41 Å². The molecule has 0 atom stereocenters. The first-order chi connectivity index (χ1) is 11.1. The number of ether oxygens (including phenoxy) is 1. The van der Waals surface area contributed by atoms with Gasteiger partial charge in [-0.05, 0) is 22.3 Å². The van der Waals surface area contributed by atoms with Gasteiger partial charge in [-0.2, -0.15) is 0 Å². The lowest BCUT2D eigenvalue weighted by Gasteiger charge is -2.04. The van der Waals surface area contributed by atoms with Crippen molar-refractivity contribution in [1.82, 2.24) is 9.97 Å². The number of H-pyrrole nitrogens is 1. The van der Waals surface area contributed by atoms with E-state index in [0.29, 0.717) is 16.7 Å². The normalized spacial score (nSPS) is 11.7. The standard InChI is InChI=1S/C15H13IN4O3/c1-23-15(22)12-6-10-5-11(8-18-13(10)20-12)19-14(21)9(7-17)3-2-4-16/h2-8,17H,1H3,(H,18,20)(H,19,21)/b4-2-,9-3+,17-7?. The van der Waals surface area contributed by atoms with Gasteiger partial charge in [0.15, 0.2) is 0 Å². The van der Waals surface area contributed by atoms with Gasteiger partial charge in [0.1, 0.15) is 11.3 Å². The zero-order valence-electron chi connectivity index (χ0n) is 12.1. The predicted molar refractivity (Wildman–Crippen MR) is 96.1 cm³/mol. The Labute approximate surface area is 145 Å². The number of hydrogen-bond donors (Lipinski definition) is 3. The first kappa shape index (κ1) is 16.9. The highest BCUT2D eigenvalue weighted by Gasteiger charge is 2.12. The van der Waals surface area contributed by atoms with E-state index in [1.165, 1.54) is 19.4 Å². The number of methoxy groups -OCH3 is 1. The van der Waals surface area contributed by atoms with Crippen LogP contribution in [0, 0.1) is 5.41 Å². The highest BCUT2D eigenvalue weighted by molar-refractivity contribution is 14.1. The van der Waals surface area contributed by atoms with Crippen LogP contribution < -0.4 is 5.32 Å². The smallest absolute Gasteiger partial charge is 0.354 e. The van der Waals surface area contributed by atoms with Gasteiger partial charge in [0.2, 0.25) is 0 Å². The summed E-state index contributed by atoms with van der Waals surface area (Å²) < 4.78 is 6.37. The van der Waals surface area contributed by atoms with Crippen LogP contribution in [-0.4, -0.2) is 35.2 Å². The maximum atomic E-state index is 12.1. The molecule has 2 aromatic rings. The molecule has 23 heavy (non-hydrogen) atoms. The van der Waals surface area contributed by atoms with Crippen LogP contribution in [0.15, 0.2) is 40.1 Å². The largest absolute Gasteiger partial charge is 0.464 e. The number of aromatic nitrogens is 2. The summed E-state index contributed by atoms with van der Waals surface area (Å²) in [7, 11) is 1.29. The van der Waals surface area contributed by atoms with Gasteiger partial charge in [-0.25, -0.2) is 9.78 Å². The number of carbonyl (C=O) groups is 2. The van der Waals surface area contributed by atoms with Crippen molar-refractivity contribution in [2.45, 2.75) is 0 Å². The number of pyridine rings is 1. The Morgan fingerprint density at radius 2 is 2.22 bits per heavy atom. The Kier molecular flexibility index (Phi) is 5.63. The number of rotatable bonds is 5. The second kappa shape index (κ2) is 7.68. The van der Waals surface area contributed by atoms with E-state index in [0.717, 1.165) is 6.21 Å². The maximum Gasteiger partial charge on any atom is 0.354 e. The molecule has 0 spiro atoms. The lowest BCUT2D eigenvalue weighted by Crippen LogP contribution is -2.15. The van der Waals surface area contributed by atoms with Crippen LogP contribution in [0.25, 0.3) is 11.0 Å². The topological polar surface area (TPSA) is 108 Å². The molecule has 2 rings (SSSR count). The molecule has 0 saturated carbocycles. The molecular formula is C15H13IN4O3. The quantitative estimate of drug-likeness (QED) is 0.226. The van der Waals surface area contributed by atoms with Crippen molar-refractivity contribution in [3.05, 3.63) is 45.8 Å². The van der Waals surface area contributed by atoms with E-state index in [2.05, 4.69) is 20.0 Å². The Hall–Kier alpha value is -2.49. The first-order valence-corrected chi connectivity index (χ1v) is 7.69. The van der Waals surface area contributed by atoms with E-state index in [1.807, 2.05) is 22.6 Å². The van der Waals surface area contributed by atoms with Crippen molar-refractivity contribution < 1.29 is 14.3 Å². The molecule has 8 heteroatoms. The van der Waals surface area contributed by atoms with Gasteiger partial charge in [-0.15, -0.1) is 0 Å². The summed E-state index contributed by atoms with van der Waals surface area (Å²) in [6.07, 6.45) is 5.64. The summed E-state index contributed by atoms with van der Waals surface area (Å²) in [6, 6.07) is 3.27.